The number of alkyl halides is 3. The Morgan fingerprint density at radius 1 is 0.980 bits per heavy atom. The molecule has 2 unspecified atom stereocenters. The van der Waals surface area contributed by atoms with Crippen molar-refractivity contribution < 1.29 is 59.5 Å². The third kappa shape index (κ3) is 20.2. The van der Waals surface area contributed by atoms with Crippen LogP contribution in [0.15, 0.2) is 60.4 Å². The van der Waals surface area contributed by atoms with Crippen LogP contribution in [0.5, 0.6) is 5.75 Å². The van der Waals surface area contributed by atoms with E-state index in [1.165, 1.54) is 24.3 Å². The topological polar surface area (TPSA) is 182 Å². The number of aliphatic hydroxyl groups is 1. The molecule has 51 heavy (non-hydrogen) atoms. The molecule has 18 heteroatoms. The van der Waals surface area contributed by atoms with Gasteiger partial charge in [-0.15, -0.1) is 0 Å². The molecule has 0 heterocycles. The van der Waals surface area contributed by atoms with Gasteiger partial charge in [0.1, 0.15) is 23.2 Å². The fourth-order valence-corrected chi connectivity index (χ4v) is 4.01. The van der Waals surface area contributed by atoms with Crippen molar-refractivity contribution in [1.29, 1.82) is 0 Å². The van der Waals surface area contributed by atoms with E-state index in [0.29, 0.717) is 5.76 Å². The lowest BCUT2D eigenvalue weighted by atomic mass is 9.86. The van der Waals surface area contributed by atoms with E-state index in [4.69, 9.17) is 9.47 Å². The second kappa shape index (κ2) is 21.2. The molecule has 14 nitrogen and oxygen atoms in total. The first-order valence-electron chi connectivity index (χ1n) is 15.5. The van der Waals surface area contributed by atoms with Crippen LogP contribution in [0.25, 0.3) is 0 Å². The van der Waals surface area contributed by atoms with E-state index in [1.807, 2.05) is 13.0 Å². The van der Waals surface area contributed by atoms with Gasteiger partial charge in [0.15, 0.2) is 0 Å². The first-order valence-corrected chi connectivity index (χ1v) is 16.9. The number of alkyl carbamates (subject to hydrolysis) is 2. The van der Waals surface area contributed by atoms with Crippen LogP contribution < -0.4 is 20.2 Å². The normalized spacial score (nSPS) is 13.9. The van der Waals surface area contributed by atoms with Crippen molar-refractivity contribution in [3.63, 3.8) is 0 Å². The molecule has 0 aromatic heterocycles. The Bertz CT molecular complexity index is 1450. The summed E-state index contributed by atoms with van der Waals surface area (Å²) in [6, 6.07) is 4.28. The summed E-state index contributed by atoms with van der Waals surface area (Å²) in [7, 11) is -2.79. The summed E-state index contributed by atoms with van der Waals surface area (Å²) in [5.74, 6) is -0.213. The van der Waals surface area contributed by atoms with Crippen molar-refractivity contribution >= 4 is 28.2 Å². The molecule has 0 saturated heterocycles. The predicted octanol–water partition coefficient (Wildman–Crippen LogP) is 4.86. The molecule has 0 aliphatic carbocycles. The van der Waals surface area contributed by atoms with Gasteiger partial charge in [-0.1, -0.05) is 56.7 Å². The minimum Gasteiger partial charge on any atom is -0.497 e. The molecule has 0 radical (unpaired) electrons. The maximum Gasteiger partial charge on any atom is 0.534 e. The first kappa shape index (κ1) is 46.7. The highest BCUT2D eigenvalue weighted by Gasteiger charge is 2.48. The molecular formula is C33H51F3N4O10S. The highest BCUT2D eigenvalue weighted by Crippen LogP contribution is 2.27. The molecule has 1 rings (SSSR count). The lowest BCUT2D eigenvalue weighted by molar-refractivity contribution is -0.130. The fraction of sp³-hybridized carbons (Fsp3) is 0.545. The number of nitrogens with one attached hydrogen (secondary N) is 3. The SMILES string of the molecule is C\C=C/C(=C\C=C\CN(CC(O)CNC(=O)OC(C)(C)C)NC(=O)C(NC(=O)OC)C(C)(C)C)OC.Cc1ccc(OS(=O)(=O)C(F)(F)F)cc1. The van der Waals surface area contributed by atoms with E-state index in [0.717, 1.165) is 17.7 Å². The number of carbonyl (C=O) groups is 3. The molecule has 0 bridgehead atoms. The second-order valence-corrected chi connectivity index (χ2v) is 14.4. The Morgan fingerprint density at radius 2 is 1.57 bits per heavy atom. The molecule has 0 spiro atoms. The number of allylic oxidation sites excluding steroid dienone is 4. The van der Waals surface area contributed by atoms with Crippen molar-refractivity contribution in [3.8, 4) is 5.75 Å². The van der Waals surface area contributed by atoms with E-state index in [1.54, 1.807) is 79.9 Å². The van der Waals surface area contributed by atoms with Gasteiger partial charge >= 0.3 is 27.8 Å². The Balaban J connectivity index is 0.00000137. The molecule has 290 valence electrons. The first-order chi connectivity index (χ1) is 23.3. The number of rotatable bonds is 14. The lowest BCUT2D eigenvalue weighted by Gasteiger charge is -2.33. The van der Waals surface area contributed by atoms with E-state index < -0.39 is 56.9 Å². The van der Waals surface area contributed by atoms with E-state index >= 15 is 0 Å². The van der Waals surface area contributed by atoms with E-state index in [2.05, 4.69) is 25.0 Å². The number of benzene rings is 1. The molecule has 1 aromatic carbocycles. The Labute approximate surface area is 298 Å². The number of nitrogens with zero attached hydrogens (tertiary/aromatic N) is 1. The van der Waals surface area contributed by atoms with Gasteiger partial charge in [0.05, 0.1) is 20.3 Å². The minimum absolute atomic E-state index is 0.0172. The standard InChI is InChI=1S/C25H44N4O7.C8H7F3O3S/c1-10-13-19(34-8)14-11-12-15-29(17-18(30)16-26-22(32)36-25(5,6)7)28-21(31)20(24(2,3)4)27-23(33)35-9;1-6-2-4-7(5-3-6)14-15(12,13)8(9,10)11/h10-14,18,20,30H,15-17H2,1-9H3,(H,26,32)(H,27,33)(H,28,31);2-5H,1H3/b12-11+,13-10-,19-14+;. The van der Waals surface area contributed by atoms with Gasteiger partial charge in [0.2, 0.25) is 0 Å². The van der Waals surface area contributed by atoms with Gasteiger partial charge in [-0.3, -0.25) is 10.2 Å². The number of hydrazine groups is 1. The van der Waals surface area contributed by atoms with Crippen molar-refractivity contribution in [2.24, 2.45) is 5.41 Å². The number of methoxy groups -OCH3 is 2. The number of carbonyl (C=O) groups excluding carboxylic acids is 3. The zero-order chi connectivity index (χ0) is 39.6. The van der Waals surface area contributed by atoms with Crippen LogP contribution in [0.2, 0.25) is 0 Å². The van der Waals surface area contributed by atoms with Crippen LogP contribution in [0.4, 0.5) is 22.8 Å². The Hall–Kier alpha value is -4.29. The molecule has 0 fully saturated rings. The van der Waals surface area contributed by atoms with E-state index in [9.17, 15) is 41.1 Å². The monoisotopic (exact) mass is 752 g/mol. The summed E-state index contributed by atoms with van der Waals surface area (Å²) in [6.45, 7) is 14.3. The number of halogens is 3. The van der Waals surface area contributed by atoms with Crippen LogP contribution in [0, 0.1) is 12.3 Å². The second-order valence-electron chi connectivity index (χ2n) is 12.9. The van der Waals surface area contributed by atoms with Gasteiger partial charge in [-0.05, 0) is 64.3 Å². The predicted molar refractivity (Wildman–Crippen MR) is 185 cm³/mol. The summed E-state index contributed by atoms with van der Waals surface area (Å²) in [4.78, 5) is 36.8. The van der Waals surface area contributed by atoms with Gasteiger partial charge in [-0.2, -0.15) is 21.6 Å². The molecule has 0 aliphatic rings. The Morgan fingerprint density at radius 3 is 2.04 bits per heavy atom. The summed E-state index contributed by atoms with van der Waals surface area (Å²) in [5.41, 5.74) is -3.18. The maximum atomic E-state index is 13.1. The number of amides is 3. The van der Waals surface area contributed by atoms with Crippen LogP contribution in [-0.2, 0) is 29.1 Å². The molecular weight excluding hydrogens is 701 g/mol. The average Bonchev–Trinajstić information content (AvgIpc) is 2.99. The quantitative estimate of drug-likeness (QED) is 0.0670. The van der Waals surface area contributed by atoms with Crippen molar-refractivity contribution in [1.82, 2.24) is 21.1 Å². The molecule has 0 saturated carbocycles. The zero-order valence-corrected chi connectivity index (χ0v) is 31.4. The fourth-order valence-electron chi connectivity index (χ4n) is 3.55. The number of hydrogen-bond acceptors (Lipinski definition) is 11. The molecule has 3 amide bonds. The highest BCUT2D eigenvalue weighted by atomic mass is 32.2. The van der Waals surface area contributed by atoms with E-state index in [-0.39, 0.29) is 25.4 Å². The number of aryl methyl sites for hydroxylation is 1. The molecule has 2 atom stereocenters. The van der Waals surface area contributed by atoms with Gasteiger partial charge in [-0.25, -0.2) is 14.6 Å². The van der Waals surface area contributed by atoms with Crippen molar-refractivity contribution in [3.05, 3.63) is 66.0 Å². The Kier molecular flexibility index (Phi) is 19.4. The summed E-state index contributed by atoms with van der Waals surface area (Å²) in [5, 5.41) is 17.0. The molecule has 4 N–H and O–H groups in total. The summed E-state index contributed by atoms with van der Waals surface area (Å²) < 4.78 is 75.7. The van der Waals surface area contributed by atoms with Gasteiger partial charge in [0.25, 0.3) is 5.91 Å². The molecule has 0 aliphatic heterocycles. The third-order valence-corrected chi connectivity index (χ3v) is 6.93. The average molecular weight is 753 g/mol. The number of hydrogen-bond donors (Lipinski definition) is 4. The van der Waals surface area contributed by atoms with Crippen molar-refractivity contribution in [2.75, 3.05) is 33.9 Å². The number of aliphatic hydroxyl groups excluding tert-OH is 1. The summed E-state index contributed by atoms with van der Waals surface area (Å²) >= 11 is 0. The third-order valence-electron chi connectivity index (χ3n) is 5.96. The number of ether oxygens (including phenoxy) is 3. The smallest absolute Gasteiger partial charge is 0.497 e. The van der Waals surface area contributed by atoms with Crippen LogP contribution in [-0.4, -0.2) is 93.7 Å². The van der Waals surface area contributed by atoms with Crippen molar-refractivity contribution in [2.45, 2.75) is 78.6 Å². The molecule has 1 aromatic rings. The summed E-state index contributed by atoms with van der Waals surface area (Å²) in [6.07, 6.45) is 6.46. The lowest BCUT2D eigenvalue weighted by Crippen LogP contribution is -2.58. The van der Waals surface area contributed by atoms with Crippen LogP contribution in [0.3, 0.4) is 0 Å². The van der Waals surface area contributed by atoms with Crippen LogP contribution >= 0.6 is 0 Å². The van der Waals surface area contributed by atoms with Gasteiger partial charge < -0.3 is 34.1 Å². The van der Waals surface area contributed by atoms with Crippen LogP contribution in [0.1, 0.15) is 54.0 Å². The van der Waals surface area contributed by atoms with Gasteiger partial charge in [0, 0.05) is 19.6 Å². The maximum absolute atomic E-state index is 13.1. The minimum atomic E-state index is -5.56. The zero-order valence-electron chi connectivity index (χ0n) is 30.6. The largest absolute Gasteiger partial charge is 0.534 e. The highest BCUT2D eigenvalue weighted by molar-refractivity contribution is 7.88.